The van der Waals surface area contributed by atoms with Crippen LogP contribution in [-0.4, -0.2) is 71.0 Å². The van der Waals surface area contributed by atoms with Crippen molar-refractivity contribution in [1.29, 1.82) is 0 Å². The van der Waals surface area contributed by atoms with Crippen LogP contribution in [0, 0.1) is 0 Å². The van der Waals surface area contributed by atoms with E-state index in [2.05, 4.69) is 0 Å². The average molecular weight is 484 g/mol. The highest BCUT2D eigenvalue weighted by atomic mass is 31.2. The van der Waals surface area contributed by atoms with Gasteiger partial charge in [-0.1, -0.05) is 60.7 Å². The minimum Gasteiger partial charge on any atom is -0.394 e. The lowest BCUT2D eigenvalue weighted by Crippen LogP contribution is -2.59. The topological polar surface area (TPSA) is 144 Å². The largest absolute Gasteiger partial charge is 0.475 e. The van der Waals surface area contributed by atoms with E-state index in [-0.39, 0.29) is 26.4 Å². The molecule has 0 saturated carbocycles. The second-order valence-corrected chi connectivity index (χ2v) is 9.04. The monoisotopic (exact) mass is 484 g/mol. The zero-order valence-corrected chi connectivity index (χ0v) is 18.8. The Kier molecular flexibility index (Phi) is 9.96. The van der Waals surface area contributed by atoms with Gasteiger partial charge in [0.15, 0.2) is 6.29 Å². The Hall–Kier alpha value is -1.69. The lowest BCUT2D eigenvalue weighted by atomic mass is 9.99. The standard InChI is InChI=1S/C22H29O10P/c23-13-18-19(24)20(25)21(26)22(32-18)28-11-12-29-33(27,30-14-16-7-3-1-4-8-16)31-15-17-9-5-2-6-10-17/h1-10,18-26H,11-15H2/t18?,19-,20+,21?,22-/m1/s1. The molecule has 0 aromatic heterocycles. The fraction of sp³-hybridized carbons (Fsp3) is 0.455. The Morgan fingerprint density at radius 3 is 1.82 bits per heavy atom. The molecule has 5 atom stereocenters. The summed E-state index contributed by atoms with van der Waals surface area (Å²) in [7, 11) is -3.99. The number of rotatable bonds is 12. The van der Waals surface area contributed by atoms with Crippen molar-refractivity contribution in [3.63, 3.8) is 0 Å². The molecule has 2 unspecified atom stereocenters. The molecule has 10 nitrogen and oxygen atoms in total. The molecule has 1 saturated heterocycles. The van der Waals surface area contributed by atoms with Gasteiger partial charge in [0.2, 0.25) is 0 Å². The Labute approximate surface area is 191 Å². The van der Waals surface area contributed by atoms with Gasteiger partial charge in [-0.05, 0) is 11.1 Å². The van der Waals surface area contributed by atoms with Crippen molar-refractivity contribution in [1.82, 2.24) is 0 Å². The van der Waals surface area contributed by atoms with Gasteiger partial charge in [-0.2, -0.15) is 0 Å². The first-order chi connectivity index (χ1) is 15.9. The van der Waals surface area contributed by atoms with E-state index in [4.69, 9.17) is 23.0 Å². The average Bonchev–Trinajstić information content (AvgIpc) is 2.85. The summed E-state index contributed by atoms with van der Waals surface area (Å²) in [5.74, 6) is 0. The Morgan fingerprint density at radius 1 is 0.758 bits per heavy atom. The highest BCUT2D eigenvalue weighted by Crippen LogP contribution is 2.50. The van der Waals surface area contributed by atoms with Crippen molar-refractivity contribution in [3.8, 4) is 0 Å². The molecular formula is C22H29O10P. The number of ether oxygens (including phenoxy) is 2. The van der Waals surface area contributed by atoms with Crippen molar-refractivity contribution < 1.29 is 48.0 Å². The van der Waals surface area contributed by atoms with Crippen LogP contribution in [-0.2, 0) is 40.8 Å². The van der Waals surface area contributed by atoms with Crippen LogP contribution in [0.1, 0.15) is 11.1 Å². The number of hydrogen-bond acceptors (Lipinski definition) is 10. The molecular weight excluding hydrogens is 455 g/mol. The molecule has 0 aliphatic carbocycles. The first-order valence-corrected chi connectivity index (χ1v) is 11.9. The molecule has 33 heavy (non-hydrogen) atoms. The molecule has 0 amide bonds. The summed E-state index contributed by atoms with van der Waals surface area (Å²) in [6.07, 6.45) is -7.00. The first kappa shape index (κ1) is 25.9. The molecule has 1 fully saturated rings. The molecule has 11 heteroatoms. The van der Waals surface area contributed by atoms with Crippen LogP contribution in [0.4, 0.5) is 0 Å². The molecule has 182 valence electrons. The summed E-state index contributed by atoms with van der Waals surface area (Å²) in [6, 6.07) is 18.2. The number of aliphatic hydroxyl groups is 4. The van der Waals surface area contributed by atoms with Crippen LogP contribution in [0.2, 0.25) is 0 Å². The van der Waals surface area contributed by atoms with Gasteiger partial charge in [0, 0.05) is 0 Å². The van der Waals surface area contributed by atoms with Crippen molar-refractivity contribution in [2.75, 3.05) is 19.8 Å². The fourth-order valence-electron chi connectivity index (χ4n) is 3.09. The van der Waals surface area contributed by atoms with E-state index in [9.17, 15) is 25.0 Å². The number of aliphatic hydroxyl groups excluding tert-OH is 4. The third kappa shape index (κ3) is 7.66. The van der Waals surface area contributed by atoms with Crippen molar-refractivity contribution in [3.05, 3.63) is 71.8 Å². The molecule has 1 heterocycles. The maximum absolute atomic E-state index is 13.2. The lowest BCUT2D eigenvalue weighted by Gasteiger charge is -2.39. The zero-order chi connectivity index (χ0) is 23.7. The van der Waals surface area contributed by atoms with Crippen LogP contribution in [0.25, 0.3) is 0 Å². The van der Waals surface area contributed by atoms with Crippen LogP contribution in [0.15, 0.2) is 60.7 Å². The second kappa shape index (κ2) is 12.7. The summed E-state index contributed by atoms with van der Waals surface area (Å²) < 4.78 is 40.1. The SMILES string of the molecule is O=P(OCCO[C@@H]1OC(CO)[C@@H](O)[C@H](O)C1O)(OCc1ccccc1)OCc1ccccc1. The van der Waals surface area contributed by atoms with Crippen molar-refractivity contribution >= 4 is 7.82 Å². The molecule has 3 rings (SSSR count). The molecule has 0 spiro atoms. The molecule has 4 N–H and O–H groups in total. The van der Waals surface area contributed by atoms with Gasteiger partial charge in [0.1, 0.15) is 24.4 Å². The van der Waals surface area contributed by atoms with Crippen LogP contribution in [0.3, 0.4) is 0 Å². The smallest absolute Gasteiger partial charge is 0.394 e. The van der Waals surface area contributed by atoms with Gasteiger partial charge < -0.3 is 29.9 Å². The van der Waals surface area contributed by atoms with Crippen LogP contribution < -0.4 is 0 Å². The van der Waals surface area contributed by atoms with Gasteiger partial charge in [0.05, 0.1) is 33.0 Å². The van der Waals surface area contributed by atoms with E-state index in [1.165, 1.54) is 0 Å². The van der Waals surface area contributed by atoms with Gasteiger partial charge >= 0.3 is 7.82 Å². The molecule has 2 aromatic rings. The molecule has 0 radical (unpaired) electrons. The quantitative estimate of drug-likeness (QED) is 0.257. The molecule has 2 aromatic carbocycles. The minimum atomic E-state index is -3.99. The highest BCUT2D eigenvalue weighted by Gasteiger charge is 2.44. The fourth-order valence-corrected chi connectivity index (χ4v) is 4.22. The van der Waals surface area contributed by atoms with E-state index in [0.717, 1.165) is 11.1 Å². The minimum absolute atomic E-state index is 0.000472. The highest BCUT2D eigenvalue weighted by molar-refractivity contribution is 7.48. The lowest BCUT2D eigenvalue weighted by molar-refractivity contribution is -0.301. The van der Waals surface area contributed by atoms with Gasteiger partial charge in [-0.15, -0.1) is 0 Å². The molecule has 0 bridgehead atoms. The number of phosphoric ester groups is 1. The summed E-state index contributed by atoms with van der Waals surface area (Å²) in [5.41, 5.74) is 1.56. The Morgan fingerprint density at radius 2 is 1.30 bits per heavy atom. The Balaban J connectivity index is 1.54. The van der Waals surface area contributed by atoms with Crippen molar-refractivity contribution in [2.24, 2.45) is 0 Å². The maximum atomic E-state index is 13.2. The maximum Gasteiger partial charge on any atom is 0.475 e. The van der Waals surface area contributed by atoms with Crippen molar-refractivity contribution in [2.45, 2.75) is 43.9 Å². The van der Waals surface area contributed by atoms with Gasteiger partial charge in [-0.25, -0.2) is 4.57 Å². The van der Waals surface area contributed by atoms with E-state index in [1.807, 2.05) is 60.7 Å². The van der Waals surface area contributed by atoms with E-state index < -0.39 is 45.1 Å². The first-order valence-electron chi connectivity index (χ1n) is 10.5. The third-order valence-electron chi connectivity index (χ3n) is 4.93. The number of phosphoric acid groups is 1. The second-order valence-electron chi connectivity index (χ2n) is 7.37. The summed E-state index contributed by atoms with van der Waals surface area (Å²) in [5, 5.41) is 38.9. The third-order valence-corrected chi connectivity index (χ3v) is 6.32. The predicted octanol–water partition coefficient (Wildman–Crippen LogP) is 1.36. The Bertz CT molecular complexity index is 818. The van der Waals surface area contributed by atoms with E-state index in [0.29, 0.717) is 0 Å². The summed E-state index contributed by atoms with van der Waals surface area (Å²) >= 11 is 0. The molecule has 1 aliphatic heterocycles. The molecule has 1 aliphatic rings. The van der Waals surface area contributed by atoms with Gasteiger partial charge in [0.25, 0.3) is 0 Å². The summed E-state index contributed by atoms with van der Waals surface area (Å²) in [4.78, 5) is 0. The van der Waals surface area contributed by atoms with Gasteiger partial charge in [-0.3, -0.25) is 13.6 Å². The number of hydrogen-bond donors (Lipinski definition) is 4. The summed E-state index contributed by atoms with van der Waals surface area (Å²) in [6.45, 7) is -1.01. The zero-order valence-electron chi connectivity index (χ0n) is 17.9. The predicted molar refractivity (Wildman–Crippen MR) is 116 cm³/mol. The van der Waals surface area contributed by atoms with E-state index >= 15 is 0 Å². The normalized spacial score (nSPS) is 25.8. The van der Waals surface area contributed by atoms with Crippen LogP contribution >= 0.6 is 7.82 Å². The van der Waals surface area contributed by atoms with E-state index in [1.54, 1.807) is 0 Å². The number of benzene rings is 2. The van der Waals surface area contributed by atoms with Crippen LogP contribution in [0.5, 0.6) is 0 Å².